The molecule has 1 fully saturated rings. The molecule has 0 aliphatic heterocycles. The van der Waals surface area contributed by atoms with Gasteiger partial charge in [-0.1, -0.05) is 35.7 Å². The Balaban J connectivity index is 1.99. The van der Waals surface area contributed by atoms with E-state index in [-0.39, 0.29) is 0 Å². The molecule has 0 radical (unpaired) electrons. The van der Waals surface area contributed by atoms with Crippen molar-refractivity contribution in [2.75, 3.05) is 12.9 Å². The van der Waals surface area contributed by atoms with E-state index in [9.17, 15) is 0 Å². The summed E-state index contributed by atoms with van der Waals surface area (Å²) in [6.07, 6.45) is 8.65. The summed E-state index contributed by atoms with van der Waals surface area (Å²) in [4.78, 5) is 0. The van der Waals surface area contributed by atoms with Crippen molar-refractivity contribution in [3.8, 4) is 5.75 Å². The lowest BCUT2D eigenvalue weighted by Crippen LogP contribution is -2.40. The van der Waals surface area contributed by atoms with Crippen LogP contribution in [0.25, 0.3) is 0 Å². The maximum Gasteiger partial charge on any atom is 0.123 e. The molecule has 0 saturated heterocycles. The maximum absolute atomic E-state index is 5.87. The molecule has 1 aromatic rings. The van der Waals surface area contributed by atoms with Crippen LogP contribution in [-0.4, -0.2) is 24.2 Å². The van der Waals surface area contributed by atoms with Crippen LogP contribution >= 0.6 is 27.7 Å². The average molecular weight is 372 g/mol. The number of hydrogen-bond acceptors (Lipinski definition) is 3. The van der Waals surface area contributed by atoms with E-state index in [1.54, 1.807) is 0 Å². The molecule has 0 heterocycles. The molecular formula is C17H26BrNOS. The van der Waals surface area contributed by atoms with Gasteiger partial charge in [0.25, 0.3) is 0 Å². The van der Waals surface area contributed by atoms with Crippen LogP contribution in [0.5, 0.6) is 5.75 Å². The van der Waals surface area contributed by atoms with Crippen molar-refractivity contribution in [2.45, 2.75) is 56.9 Å². The molecular weight excluding hydrogens is 346 g/mol. The Morgan fingerprint density at radius 3 is 2.90 bits per heavy atom. The number of hydrogen-bond donors (Lipinski definition) is 1. The lowest BCUT2D eigenvalue weighted by Gasteiger charge is -2.31. The van der Waals surface area contributed by atoms with Gasteiger partial charge in [-0.05, 0) is 43.7 Å². The maximum atomic E-state index is 5.87. The van der Waals surface area contributed by atoms with Crippen molar-refractivity contribution in [3.63, 3.8) is 0 Å². The molecule has 2 rings (SSSR count). The predicted octanol–water partition coefficient (Wildman–Crippen LogP) is 5.00. The summed E-state index contributed by atoms with van der Waals surface area (Å²) < 4.78 is 6.99. The monoisotopic (exact) mass is 371 g/mol. The molecule has 2 unspecified atom stereocenters. The second-order valence-corrected chi connectivity index (χ2v) is 7.64. The van der Waals surface area contributed by atoms with E-state index in [1.165, 1.54) is 31.2 Å². The minimum atomic E-state index is 0.631. The molecule has 0 amide bonds. The fourth-order valence-corrected chi connectivity index (χ4v) is 4.26. The van der Waals surface area contributed by atoms with Crippen molar-refractivity contribution in [1.29, 1.82) is 0 Å². The number of thioether (sulfide) groups is 1. The molecule has 4 heteroatoms. The van der Waals surface area contributed by atoms with E-state index in [0.29, 0.717) is 6.04 Å². The SMILES string of the molecule is CCCOc1ccc(Br)cc1CNC1CCCCC1SC. The van der Waals surface area contributed by atoms with Crippen LogP contribution in [-0.2, 0) is 6.54 Å². The summed E-state index contributed by atoms with van der Waals surface area (Å²) in [7, 11) is 0. The second-order valence-electron chi connectivity index (χ2n) is 5.65. The van der Waals surface area contributed by atoms with Crippen LogP contribution < -0.4 is 10.1 Å². The highest BCUT2D eigenvalue weighted by Crippen LogP contribution is 2.28. The van der Waals surface area contributed by atoms with Crippen LogP contribution in [0.3, 0.4) is 0 Å². The van der Waals surface area contributed by atoms with Crippen molar-refractivity contribution < 1.29 is 4.74 Å². The number of halogens is 1. The quantitative estimate of drug-likeness (QED) is 0.728. The van der Waals surface area contributed by atoms with Crippen LogP contribution in [0.2, 0.25) is 0 Å². The molecule has 118 valence electrons. The highest BCUT2D eigenvalue weighted by Gasteiger charge is 2.23. The van der Waals surface area contributed by atoms with Crippen molar-refractivity contribution in [3.05, 3.63) is 28.2 Å². The average Bonchev–Trinajstić information content (AvgIpc) is 2.52. The van der Waals surface area contributed by atoms with Gasteiger partial charge in [0, 0.05) is 27.9 Å². The summed E-state index contributed by atoms with van der Waals surface area (Å²) in [5.41, 5.74) is 1.25. The molecule has 0 aromatic heterocycles. The van der Waals surface area contributed by atoms with E-state index in [4.69, 9.17) is 4.74 Å². The van der Waals surface area contributed by atoms with E-state index in [0.717, 1.165) is 35.0 Å². The van der Waals surface area contributed by atoms with Crippen molar-refractivity contribution in [2.24, 2.45) is 0 Å². The van der Waals surface area contributed by atoms with Gasteiger partial charge in [-0.15, -0.1) is 0 Å². The van der Waals surface area contributed by atoms with Crippen LogP contribution in [0.1, 0.15) is 44.6 Å². The Labute approximate surface area is 141 Å². The van der Waals surface area contributed by atoms with Crippen LogP contribution in [0, 0.1) is 0 Å². The molecule has 1 N–H and O–H groups in total. The minimum Gasteiger partial charge on any atom is -0.493 e. The first kappa shape index (κ1) is 17.2. The molecule has 1 saturated carbocycles. The third-order valence-corrected chi connectivity index (χ3v) is 5.71. The van der Waals surface area contributed by atoms with Gasteiger partial charge < -0.3 is 10.1 Å². The molecule has 1 aromatic carbocycles. The first-order valence-electron chi connectivity index (χ1n) is 7.92. The smallest absolute Gasteiger partial charge is 0.123 e. The molecule has 0 bridgehead atoms. The van der Waals surface area contributed by atoms with Gasteiger partial charge in [-0.25, -0.2) is 0 Å². The molecule has 1 aliphatic carbocycles. The zero-order valence-electron chi connectivity index (χ0n) is 13.0. The highest BCUT2D eigenvalue weighted by molar-refractivity contribution is 9.10. The molecule has 0 spiro atoms. The van der Waals surface area contributed by atoms with Gasteiger partial charge in [-0.3, -0.25) is 0 Å². The topological polar surface area (TPSA) is 21.3 Å². The Kier molecular flexibility index (Phi) is 7.41. The summed E-state index contributed by atoms with van der Waals surface area (Å²) in [5.74, 6) is 1.02. The van der Waals surface area contributed by atoms with E-state index >= 15 is 0 Å². The third kappa shape index (κ3) is 5.19. The second kappa shape index (κ2) is 9.06. The Hall–Kier alpha value is -0.190. The lowest BCUT2D eigenvalue weighted by molar-refractivity contribution is 0.311. The highest BCUT2D eigenvalue weighted by atomic mass is 79.9. The van der Waals surface area contributed by atoms with Gasteiger partial charge >= 0.3 is 0 Å². The number of rotatable bonds is 7. The largest absolute Gasteiger partial charge is 0.493 e. The van der Waals surface area contributed by atoms with Gasteiger partial charge in [-0.2, -0.15) is 11.8 Å². The Bertz CT molecular complexity index is 441. The lowest BCUT2D eigenvalue weighted by atomic mass is 9.94. The summed E-state index contributed by atoms with van der Waals surface area (Å²) in [6, 6.07) is 6.94. The van der Waals surface area contributed by atoms with Crippen molar-refractivity contribution in [1.82, 2.24) is 5.32 Å². The standard InChI is InChI=1S/C17H26BrNOS/c1-3-10-20-16-9-8-14(18)11-13(16)12-19-15-6-4-5-7-17(15)21-2/h8-9,11,15,17,19H,3-7,10,12H2,1-2H3. The Morgan fingerprint density at radius 2 is 2.14 bits per heavy atom. The normalized spacial score (nSPS) is 22.2. The van der Waals surface area contributed by atoms with E-state index in [2.05, 4.69) is 52.6 Å². The van der Waals surface area contributed by atoms with Gasteiger partial charge in [0.1, 0.15) is 5.75 Å². The number of benzene rings is 1. The van der Waals surface area contributed by atoms with Gasteiger partial charge in [0.15, 0.2) is 0 Å². The predicted molar refractivity (Wildman–Crippen MR) is 96.3 cm³/mol. The van der Waals surface area contributed by atoms with Gasteiger partial charge in [0.2, 0.25) is 0 Å². The zero-order chi connectivity index (χ0) is 15.1. The fraction of sp³-hybridized carbons (Fsp3) is 0.647. The number of nitrogens with one attached hydrogen (secondary N) is 1. The summed E-state index contributed by atoms with van der Waals surface area (Å²) in [6.45, 7) is 3.81. The molecule has 2 atom stereocenters. The molecule has 21 heavy (non-hydrogen) atoms. The fourth-order valence-electron chi connectivity index (χ4n) is 2.89. The summed E-state index contributed by atoms with van der Waals surface area (Å²) >= 11 is 5.58. The van der Waals surface area contributed by atoms with Crippen molar-refractivity contribution >= 4 is 27.7 Å². The van der Waals surface area contributed by atoms with Crippen LogP contribution in [0.15, 0.2) is 22.7 Å². The first-order chi connectivity index (χ1) is 10.2. The first-order valence-corrected chi connectivity index (χ1v) is 10.00. The summed E-state index contributed by atoms with van der Waals surface area (Å²) in [5, 5.41) is 4.52. The van der Waals surface area contributed by atoms with E-state index < -0.39 is 0 Å². The Morgan fingerprint density at radius 1 is 1.33 bits per heavy atom. The molecule has 1 aliphatic rings. The third-order valence-electron chi connectivity index (χ3n) is 4.04. The zero-order valence-corrected chi connectivity index (χ0v) is 15.4. The molecule has 2 nitrogen and oxygen atoms in total. The van der Waals surface area contributed by atoms with Gasteiger partial charge in [0.05, 0.1) is 6.61 Å². The number of ether oxygens (including phenoxy) is 1. The van der Waals surface area contributed by atoms with E-state index in [1.807, 2.05) is 11.8 Å². The van der Waals surface area contributed by atoms with Crippen LogP contribution in [0.4, 0.5) is 0 Å². The minimum absolute atomic E-state index is 0.631.